The Morgan fingerprint density at radius 2 is 1.81 bits per heavy atom. The van der Waals surface area contributed by atoms with Gasteiger partial charge < -0.3 is 9.64 Å². The molecule has 1 aromatic carbocycles. The number of carbonyl (C=O) groups excluding carboxylic acids is 1. The summed E-state index contributed by atoms with van der Waals surface area (Å²) in [7, 11) is 0. The lowest BCUT2D eigenvalue weighted by Gasteiger charge is -2.30. The van der Waals surface area contributed by atoms with Gasteiger partial charge in [0, 0.05) is 25.2 Å². The first-order chi connectivity index (χ1) is 14.9. The number of aromatic nitrogens is 1. The minimum atomic E-state index is -4.33. The van der Waals surface area contributed by atoms with Crippen LogP contribution in [0.1, 0.15) is 41.4 Å². The number of benzene rings is 1. The Labute approximate surface area is 179 Å². The quantitative estimate of drug-likeness (QED) is 0.722. The summed E-state index contributed by atoms with van der Waals surface area (Å²) < 4.78 is 43.6. The van der Waals surface area contributed by atoms with Crippen LogP contribution < -0.4 is 0 Å². The molecule has 2 aliphatic rings. The molecule has 166 valence electrons. The topological polar surface area (TPSA) is 45.7 Å². The van der Waals surface area contributed by atoms with Crippen LogP contribution in [0.3, 0.4) is 0 Å². The van der Waals surface area contributed by atoms with Crippen molar-refractivity contribution < 1.29 is 22.7 Å². The second kappa shape index (κ2) is 9.36. The van der Waals surface area contributed by atoms with Gasteiger partial charge in [-0.2, -0.15) is 13.2 Å². The summed E-state index contributed by atoms with van der Waals surface area (Å²) in [5.41, 5.74) is 1.85. The first kappa shape index (κ1) is 21.8. The van der Waals surface area contributed by atoms with E-state index < -0.39 is 11.7 Å². The van der Waals surface area contributed by atoms with E-state index in [1.54, 1.807) is 0 Å². The third kappa shape index (κ3) is 5.43. The summed E-state index contributed by atoms with van der Waals surface area (Å²) in [6, 6.07) is 11.1. The number of morpholine rings is 1. The fourth-order valence-corrected chi connectivity index (χ4v) is 4.24. The molecule has 3 heterocycles. The Morgan fingerprint density at radius 1 is 1.06 bits per heavy atom. The Kier molecular flexibility index (Phi) is 6.57. The highest BCUT2D eigenvalue weighted by molar-refractivity contribution is 5.78. The number of alkyl halides is 3. The SMILES string of the molecule is O=C(CN1CCC[C@@H]1c1cccc(Cc2ccc(C(F)(F)F)cc2)n1)N1CCOCC1. The third-order valence-electron chi connectivity index (χ3n) is 5.90. The summed E-state index contributed by atoms with van der Waals surface area (Å²) in [5, 5.41) is 0. The van der Waals surface area contributed by atoms with Crippen LogP contribution in [-0.4, -0.2) is 60.1 Å². The van der Waals surface area contributed by atoms with E-state index >= 15 is 0 Å². The largest absolute Gasteiger partial charge is 0.416 e. The molecule has 1 atom stereocenters. The van der Waals surface area contributed by atoms with Gasteiger partial charge in [0.2, 0.25) is 5.91 Å². The predicted octanol–water partition coefficient (Wildman–Crippen LogP) is 3.69. The minimum Gasteiger partial charge on any atom is -0.378 e. The molecule has 5 nitrogen and oxygen atoms in total. The molecule has 0 radical (unpaired) electrons. The van der Waals surface area contributed by atoms with Gasteiger partial charge in [-0.1, -0.05) is 18.2 Å². The highest BCUT2D eigenvalue weighted by Gasteiger charge is 2.31. The zero-order valence-corrected chi connectivity index (χ0v) is 17.3. The number of carbonyl (C=O) groups is 1. The first-order valence-corrected chi connectivity index (χ1v) is 10.6. The molecule has 0 saturated carbocycles. The highest BCUT2D eigenvalue weighted by atomic mass is 19.4. The van der Waals surface area contributed by atoms with Gasteiger partial charge >= 0.3 is 6.18 Å². The molecular weight excluding hydrogens is 407 g/mol. The summed E-state index contributed by atoms with van der Waals surface area (Å²) in [6.07, 6.45) is -1.92. The van der Waals surface area contributed by atoms with E-state index in [9.17, 15) is 18.0 Å². The Morgan fingerprint density at radius 3 is 2.52 bits per heavy atom. The maximum atomic E-state index is 12.8. The zero-order chi connectivity index (χ0) is 21.8. The van der Waals surface area contributed by atoms with Crippen molar-refractivity contribution in [2.45, 2.75) is 31.5 Å². The Hall–Kier alpha value is -2.45. The summed E-state index contributed by atoms with van der Waals surface area (Å²) in [5.74, 6) is 0.121. The van der Waals surface area contributed by atoms with Crippen LogP contribution in [0.4, 0.5) is 13.2 Å². The van der Waals surface area contributed by atoms with E-state index in [0.717, 1.165) is 48.5 Å². The van der Waals surface area contributed by atoms with Gasteiger partial charge in [0.05, 0.1) is 37.1 Å². The minimum absolute atomic E-state index is 0.0811. The second-order valence-corrected chi connectivity index (χ2v) is 8.05. The fraction of sp³-hybridized carbons (Fsp3) is 0.478. The molecule has 0 aliphatic carbocycles. The Balaban J connectivity index is 1.42. The van der Waals surface area contributed by atoms with Crippen molar-refractivity contribution in [3.63, 3.8) is 0 Å². The van der Waals surface area contributed by atoms with Crippen molar-refractivity contribution in [2.24, 2.45) is 0 Å². The van der Waals surface area contributed by atoms with Crippen LogP contribution in [0.2, 0.25) is 0 Å². The molecule has 0 unspecified atom stereocenters. The number of likely N-dealkylation sites (tertiary alicyclic amines) is 1. The smallest absolute Gasteiger partial charge is 0.378 e. The molecule has 0 spiro atoms. The number of nitrogens with zero attached hydrogens (tertiary/aromatic N) is 3. The van der Waals surface area contributed by atoms with Gasteiger partial charge in [-0.05, 0) is 49.2 Å². The maximum Gasteiger partial charge on any atom is 0.416 e. The van der Waals surface area contributed by atoms with E-state index in [4.69, 9.17) is 9.72 Å². The molecule has 31 heavy (non-hydrogen) atoms. The molecule has 1 aromatic heterocycles. The van der Waals surface area contributed by atoms with Gasteiger partial charge in [0.1, 0.15) is 0 Å². The summed E-state index contributed by atoms with van der Waals surface area (Å²) >= 11 is 0. The maximum absolute atomic E-state index is 12.8. The van der Waals surface area contributed by atoms with Crippen molar-refractivity contribution in [1.82, 2.24) is 14.8 Å². The normalized spacial score (nSPS) is 20.2. The highest BCUT2D eigenvalue weighted by Crippen LogP contribution is 2.31. The van der Waals surface area contributed by atoms with E-state index in [1.165, 1.54) is 12.1 Å². The summed E-state index contributed by atoms with van der Waals surface area (Å²) in [6.45, 7) is 3.67. The number of hydrogen-bond acceptors (Lipinski definition) is 4. The molecule has 8 heteroatoms. The number of pyridine rings is 1. The molecule has 0 N–H and O–H groups in total. The van der Waals surface area contributed by atoms with Crippen LogP contribution in [-0.2, 0) is 22.1 Å². The average molecular weight is 433 g/mol. The molecule has 2 aliphatic heterocycles. The molecule has 2 saturated heterocycles. The standard InChI is InChI=1S/C23H26F3N3O2/c24-23(25,26)18-8-6-17(7-9-18)15-19-3-1-4-20(27-19)21-5-2-10-29(21)16-22(30)28-11-13-31-14-12-28/h1,3-4,6-9,21H,2,5,10-16H2/t21-/m1/s1. The van der Waals surface area contributed by atoms with Gasteiger partial charge in [0.15, 0.2) is 0 Å². The number of hydrogen-bond donors (Lipinski definition) is 0. The molecular formula is C23H26F3N3O2. The molecule has 4 rings (SSSR count). The average Bonchev–Trinajstić information content (AvgIpc) is 3.22. The second-order valence-electron chi connectivity index (χ2n) is 8.05. The first-order valence-electron chi connectivity index (χ1n) is 10.6. The number of rotatable bonds is 5. The lowest BCUT2D eigenvalue weighted by atomic mass is 10.1. The number of amides is 1. The van der Waals surface area contributed by atoms with Crippen molar-refractivity contribution in [2.75, 3.05) is 39.4 Å². The third-order valence-corrected chi connectivity index (χ3v) is 5.90. The Bertz CT molecular complexity index is 896. The van der Waals surface area contributed by atoms with Crippen LogP contribution >= 0.6 is 0 Å². The summed E-state index contributed by atoms with van der Waals surface area (Å²) in [4.78, 5) is 21.5. The van der Waals surface area contributed by atoms with Crippen molar-refractivity contribution >= 4 is 5.91 Å². The van der Waals surface area contributed by atoms with Crippen molar-refractivity contribution in [3.05, 3.63) is 65.0 Å². The lowest BCUT2D eigenvalue weighted by molar-refractivity contribution is -0.138. The molecule has 1 amide bonds. The van der Waals surface area contributed by atoms with Crippen LogP contribution in [0.15, 0.2) is 42.5 Å². The van der Waals surface area contributed by atoms with Crippen LogP contribution in [0, 0.1) is 0 Å². The molecule has 2 fully saturated rings. The lowest BCUT2D eigenvalue weighted by Crippen LogP contribution is -2.45. The monoisotopic (exact) mass is 433 g/mol. The zero-order valence-electron chi connectivity index (χ0n) is 17.3. The van der Waals surface area contributed by atoms with Gasteiger partial charge in [-0.15, -0.1) is 0 Å². The van der Waals surface area contributed by atoms with E-state index in [1.807, 2.05) is 23.1 Å². The van der Waals surface area contributed by atoms with Crippen LogP contribution in [0.25, 0.3) is 0 Å². The van der Waals surface area contributed by atoms with Gasteiger partial charge in [-0.25, -0.2) is 0 Å². The number of ether oxygens (including phenoxy) is 1. The van der Waals surface area contributed by atoms with E-state index in [-0.39, 0.29) is 11.9 Å². The van der Waals surface area contributed by atoms with Gasteiger partial charge in [0.25, 0.3) is 0 Å². The van der Waals surface area contributed by atoms with Crippen molar-refractivity contribution in [3.8, 4) is 0 Å². The van der Waals surface area contributed by atoms with Gasteiger partial charge in [-0.3, -0.25) is 14.7 Å². The van der Waals surface area contributed by atoms with Crippen molar-refractivity contribution in [1.29, 1.82) is 0 Å². The predicted molar refractivity (Wildman–Crippen MR) is 109 cm³/mol. The fourth-order valence-electron chi connectivity index (χ4n) is 4.24. The van der Waals surface area contributed by atoms with E-state index in [2.05, 4.69) is 4.90 Å². The van der Waals surface area contributed by atoms with E-state index in [0.29, 0.717) is 39.3 Å². The molecule has 2 aromatic rings. The number of halogens is 3. The molecule has 0 bridgehead atoms. The van der Waals surface area contributed by atoms with Crippen LogP contribution in [0.5, 0.6) is 0 Å².